The number of hydrogen-bond donors (Lipinski definition) is 2. The molecule has 2 N–H and O–H groups in total. The second kappa shape index (κ2) is 9.22. The molecular weight excluding hydrogens is 426 g/mol. The summed E-state index contributed by atoms with van der Waals surface area (Å²) in [5, 5.41) is 6.76. The third-order valence-electron chi connectivity index (χ3n) is 4.97. The fourth-order valence-electron chi connectivity index (χ4n) is 3.39. The summed E-state index contributed by atoms with van der Waals surface area (Å²) in [4.78, 5) is 16.0. The molecule has 0 bridgehead atoms. The number of carbonyl (C=O) groups excluding carboxylic acids is 1. The average molecular weight is 446 g/mol. The minimum Gasteiger partial charge on any atom is -0.370 e. The van der Waals surface area contributed by atoms with E-state index in [1.54, 1.807) is 12.1 Å². The van der Waals surface area contributed by atoms with Crippen LogP contribution < -0.4 is 10.6 Å². The molecule has 0 aliphatic heterocycles. The second-order valence-electron chi connectivity index (χ2n) is 7.10. The van der Waals surface area contributed by atoms with Crippen LogP contribution in [0.15, 0.2) is 36.4 Å². The molecule has 0 spiro atoms. The SMILES string of the molecule is O=C(N[C@H]1CC[C@H](CNc2cccc(C(F)(F)F)n2)CC1)c1cc(Cl)ccc1Cl. The van der Waals surface area contributed by atoms with E-state index in [9.17, 15) is 18.0 Å². The van der Waals surface area contributed by atoms with Gasteiger partial charge in [0.2, 0.25) is 0 Å². The monoisotopic (exact) mass is 445 g/mol. The lowest BCUT2D eigenvalue weighted by Gasteiger charge is -2.29. The maximum absolute atomic E-state index is 12.7. The maximum Gasteiger partial charge on any atom is 0.433 e. The highest BCUT2D eigenvalue weighted by Gasteiger charge is 2.32. The molecule has 1 saturated carbocycles. The van der Waals surface area contributed by atoms with Crippen LogP contribution in [0.25, 0.3) is 0 Å². The number of aromatic nitrogens is 1. The van der Waals surface area contributed by atoms with Crippen LogP contribution in [0.5, 0.6) is 0 Å². The van der Waals surface area contributed by atoms with Gasteiger partial charge in [-0.05, 0) is 61.9 Å². The predicted octanol–water partition coefficient (Wildman–Crippen LogP) is 5.81. The number of rotatable bonds is 5. The number of hydrogen-bond acceptors (Lipinski definition) is 3. The van der Waals surface area contributed by atoms with Crippen LogP contribution in [0.2, 0.25) is 10.0 Å². The minimum atomic E-state index is -4.46. The van der Waals surface area contributed by atoms with Gasteiger partial charge in [-0.2, -0.15) is 13.2 Å². The van der Waals surface area contributed by atoms with Crippen LogP contribution in [-0.2, 0) is 6.18 Å². The summed E-state index contributed by atoms with van der Waals surface area (Å²) < 4.78 is 38.2. The van der Waals surface area contributed by atoms with Crippen molar-refractivity contribution in [2.24, 2.45) is 5.92 Å². The average Bonchev–Trinajstić information content (AvgIpc) is 2.69. The number of nitrogens with one attached hydrogen (secondary N) is 2. The number of nitrogens with zero attached hydrogens (tertiary/aromatic N) is 1. The molecule has 1 aliphatic rings. The predicted molar refractivity (Wildman–Crippen MR) is 107 cm³/mol. The Morgan fingerprint density at radius 3 is 2.52 bits per heavy atom. The van der Waals surface area contributed by atoms with E-state index < -0.39 is 11.9 Å². The van der Waals surface area contributed by atoms with Crippen LogP contribution in [0.3, 0.4) is 0 Å². The molecule has 1 heterocycles. The van der Waals surface area contributed by atoms with E-state index >= 15 is 0 Å². The highest BCUT2D eigenvalue weighted by molar-refractivity contribution is 6.35. The molecule has 1 amide bonds. The quantitative estimate of drug-likeness (QED) is 0.610. The number of amides is 1. The van der Waals surface area contributed by atoms with Crippen molar-refractivity contribution in [3.8, 4) is 0 Å². The van der Waals surface area contributed by atoms with E-state index in [0.717, 1.165) is 31.7 Å². The van der Waals surface area contributed by atoms with Crippen LogP contribution in [0.4, 0.5) is 19.0 Å². The molecule has 156 valence electrons. The summed E-state index contributed by atoms with van der Waals surface area (Å²) in [6.45, 7) is 0.537. The first kappa shape index (κ1) is 21.7. The standard InChI is InChI=1S/C20H20Cl2F3N3O/c21-13-6-9-16(22)15(10-13)19(29)27-14-7-4-12(5-8-14)11-26-18-3-1-2-17(28-18)20(23,24)25/h1-3,6,9-10,12,14H,4-5,7-8,11H2,(H,26,28)(H,27,29)/t12-,14-. The number of pyridine rings is 1. The molecule has 1 aromatic carbocycles. The molecule has 4 nitrogen and oxygen atoms in total. The third-order valence-corrected chi connectivity index (χ3v) is 5.53. The van der Waals surface area contributed by atoms with E-state index in [2.05, 4.69) is 15.6 Å². The fraction of sp³-hybridized carbons (Fsp3) is 0.400. The lowest BCUT2D eigenvalue weighted by Crippen LogP contribution is -2.38. The van der Waals surface area contributed by atoms with E-state index in [-0.39, 0.29) is 17.8 Å². The summed E-state index contributed by atoms with van der Waals surface area (Å²) in [7, 11) is 0. The molecule has 1 fully saturated rings. The van der Waals surface area contributed by atoms with E-state index in [0.29, 0.717) is 28.1 Å². The van der Waals surface area contributed by atoms with Crippen molar-refractivity contribution in [3.63, 3.8) is 0 Å². The molecule has 9 heteroatoms. The van der Waals surface area contributed by atoms with Crippen LogP contribution >= 0.6 is 23.2 Å². The molecule has 1 aromatic heterocycles. The fourth-order valence-corrected chi connectivity index (χ4v) is 3.76. The highest BCUT2D eigenvalue weighted by Crippen LogP contribution is 2.29. The lowest BCUT2D eigenvalue weighted by atomic mass is 9.86. The van der Waals surface area contributed by atoms with Crippen molar-refractivity contribution in [2.75, 3.05) is 11.9 Å². The Hall–Kier alpha value is -1.99. The number of halogens is 5. The third kappa shape index (κ3) is 6.00. The normalized spacial score (nSPS) is 19.6. The Morgan fingerprint density at radius 1 is 1.10 bits per heavy atom. The molecule has 0 atom stereocenters. The number of anilines is 1. The molecule has 1 aliphatic carbocycles. The van der Waals surface area contributed by atoms with Gasteiger partial charge in [0.15, 0.2) is 0 Å². The van der Waals surface area contributed by atoms with Gasteiger partial charge in [0.05, 0.1) is 10.6 Å². The number of carbonyl (C=O) groups is 1. The van der Waals surface area contributed by atoms with Gasteiger partial charge in [-0.3, -0.25) is 4.79 Å². The Bertz CT molecular complexity index is 868. The Kier molecular flexibility index (Phi) is 6.90. The van der Waals surface area contributed by atoms with E-state index in [1.807, 2.05) is 0 Å². The Labute approximate surface area is 176 Å². The highest BCUT2D eigenvalue weighted by atomic mass is 35.5. The minimum absolute atomic E-state index is 0.0282. The van der Waals surface area contributed by atoms with Gasteiger partial charge >= 0.3 is 6.18 Å². The van der Waals surface area contributed by atoms with Crippen molar-refractivity contribution in [3.05, 3.63) is 57.7 Å². The van der Waals surface area contributed by atoms with Gasteiger partial charge in [-0.25, -0.2) is 4.98 Å². The van der Waals surface area contributed by atoms with E-state index in [1.165, 1.54) is 18.2 Å². The molecular formula is C20H20Cl2F3N3O. The summed E-state index contributed by atoms with van der Waals surface area (Å²) in [6.07, 6.45) is -1.20. The van der Waals surface area contributed by atoms with Gasteiger partial charge in [-0.1, -0.05) is 29.3 Å². The molecule has 3 rings (SSSR count). The van der Waals surface area contributed by atoms with Crippen LogP contribution in [0.1, 0.15) is 41.7 Å². The summed E-state index contributed by atoms with van der Waals surface area (Å²) in [5.41, 5.74) is -0.563. The number of alkyl halides is 3. The zero-order valence-corrected chi connectivity index (χ0v) is 16.9. The first-order valence-electron chi connectivity index (χ1n) is 9.26. The Morgan fingerprint density at radius 2 is 1.83 bits per heavy atom. The summed E-state index contributed by atoms with van der Waals surface area (Å²) >= 11 is 12.0. The van der Waals surface area contributed by atoms with Gasteiger partial charge in [0, 0.05) is 17.6 Å². The van der Waals surface area contributed by atoms with Crippen molar-refractivity contribution in [1.29, 1.82) is 0 Å². The number of benzene rings is 1. The van der Waals surface area contributed by atoms with Gasteiger partial charge in [0.25, 0.3) is 5.91 Å². The maximum atomic E-state index is 12.7. The second-order valence-corrected chi connectivity index (χ2v) is 7.95. The van der Waals surface area contributed by atoms with Gasteiger partial charge < -0.3 is 10.6 Å². The first-order chi connectivity index (χ1) is 13.7. The summed E-state index contributed by atoms with van der Waals surface area (Å²) in [6, 6.07) is 8.59. The molecule has 0 unspecified atom stereocenters. The molecule has 0 saturated heterocycles. The molecule has 0 radical (unpaired) electrons. The van der Waals surface area contributed by atoms with E-state index in [4.69, 9.17) is 23.2 Å². The zero-order chi connectivity index (χ0) is 21.0. The van der Waals surface area contributed by atoms with Gasteiger partial charge in [-0.15, -0.1) is 0 Å². The van der Waals surface area contributed by atoms with Crippen molar-refractivity contribution < 1.29 is 18.0 Å². The van der Waals surface area contributed by atoms with Crippen molar-refractivity contribution in [2.45, 2.75) is 37.9 Å². The van der Waals surface area contributed by atoms with Gasteiger partial charge in [0.1, 0.15) is 11.5 Å². The van der Waals surface area contributed by atoms with Crippen LogP contribution in [0, 0.1) is 5.92 Å². The first-order valence-corrected chi connectivity index (χ1v) is 10.0. The zero-order valence-electron chi connectivity index (χ0n) is 15.4. The smallest absolute Gasteiger partial charge is 0.370 e. The lowest BCUT2D eigenvalue weighted by molar-refractivity contribution is -0.141. The Balaban J connectivity index is 1.47. The summed E-state index contributed by atoms with van der Waals surface area (Å²) in [5.74, 6) is 0.257. The topological polar surface area (TPSA) is 54.0 Å². The van der Waals surface area contributed by atoms with Crippen molar-refractivity contribution in [1.82, 2.24) is 10.3 Å². The molecule has 2 aromatic rings. The van der Waals surface area contributed by atoms with Crippen molar-refractivity contribution >= 4 is 34.9 Å². The van der Waals surface area contributed by atoms with Crippen LogP contribution in [-0.4, -0.2) is 23.5 Å². The molecule has 29 heavy (non-hydrogen) atoms. The largest absolute Gasteiger partial charge is 0.433 e.